The van der Waals surface area contributed by atoms with Crippen molar-refractivity contribution in [2.75, 3.05) is 13.1 Å². The van der Waals surface area contributed by atoms with Crippen molar-refractivity contribution in [2.24, 2.45) is 0 Å². The maximum absolute atomic E-state index is 13.2. The van der Waals surface area contributed by atoms with E-state index < -0.39 is 10.0 Å². The molecule has 26 heavy (non-hydrogen) atoms. The maximum Gasteiger partial charge on any atom is 0.244 e. The summed E-state index contributed by atoms with van der Waals surface area (Å²) in [6.07, 6.45) is 2.75. The lowest BCUT2D eigenvalue weighted by molar-refractivity contribution is 0.406. The summed E-state index contributed by atoms with van der Waals surface area (Å²) >= 11 is 18.2. The third kappa shape index (κ3) is 4.20. The van der Waals surface area contributed by atoms with Gasteiger partial charge in [-0.1, -0.05) is 53.4 Å². The fourth-order valence-corrected chi connectivity index (χ4v) is 5.76. The van der Waals surface area contributed by atoms with Crippen LogP contribution in [-0.2, 0) is 10.0 Å². The van der Waals surface area contributed by atoms with Crippen molar-refractivity contribution in [1.29, 1.82) is 0 Å². The van der Waals surface area contributed by atoms with E-state index in [1.165, 1.54) is 6.07 Å². The van der Waals surface area contributed by atoms with E-state index in [1.807, 2.05) is 24.3 Å². The second-order valence-corrected chi connectivity index (χ2v) is 9.80. The highest BCUT2D eigenvalue weighted by Gasteiger charge is 2.31. The van der Waals surface area contributed by atoms with Crippen LogP contribution in [-0.4, -0.2) is 25.8 Å². The molecule has 0 aromatic heterocycles. The second kappa shape index (κ2) is 8.07. The number of benzene rings is 2. The lowest BCUT2D eigenvalue weighted by Crippen LogP contribution is -2.34. The zero-order chi connectivity index (χ0) is 18.9. The Morgan fingerprint density at radius 1 is 1.00 bits per heavy atom. The van der Waals surface area contributed by atoms with Crippen LogP contribution < -0.4 is 0 Å². The van der Waals surface area contributed by atoms with Crippen LogP contribution in [0.5, 0.6) is 0 Å². The molecule has 3 nitrogen and oxygen atoms in total. The topological polar surface area (TPSA) is 37.4 Å². The standard InChI is InChI=1S/C19H20Cl3NO2S/c1-13-10-19(18(22)11-17(13)21)26(24,25)23-9-3-2-4-15(12-23)14-5-7-16(20)8-6-14/h5-8,10-11,15H,2-4,9,12H2,1H3. The molecule has 0 N–H and O–H groups in total. The highest BCUT2D eigenvalue weighted by molar-refractivity contribution is 7.89. The van der Waals surface area contributed by atoms with Gasteiger partial charge in [0.15, 0.2) is 0 Å². The monoisotopic (exact) mass is 431 g/mol. The van der Waals surface area contributed by atoms with Crippen LogP contribution in [0, 0.1) is 6.92 Å². The lowest BCUT2D eigenvalue weighted by atomic mass is 9.95. The molecule has 1 fully saturated rings. The minimum atomic E-state index is -3.69. The Balaban J connectivity index is 1.93. The van der Waals surface area contributed by atoms with Gasteiger partial charge in [-0.3, -0.25) is 0 Å². The van der Waals surface area contributed by atoms with E-state index in [4.69, 9.17) is 34.8 Å². The van der Waals surface area contributed by atoms with E-state index in [9.17, 15) is 8.42 Å². The van der Waals surface area contributed by atoms with Gasteiger partial charge in [0.25, 0.3) is 0 Å². The van der Waals surface area contributed by atoms with E-state index in [-0.39, 0.29) is 15.8 Å². The van der Waals surface area contributed by atoms with Gasteiger partial charge in [-0.25, -0.2) is 8.42 Å². The lowest BCUT2D eigenvalue weighted by Gasteiger charge is -2.25. The van der Waals surface area contributed by atoms with Gasteiger partial charge < -0.3 is 0 Å². The first-order chi connectivity index (χ1) is 12.3. The maximum atomic E-state index is 13.2. The summed E-state index contributed by atoms with van der Waals surface area (Å²) in [5, 5.41) is 1.30. The molecule has 0 radical (unpaired) electrons. The summed E-state index contributed by atoms with van der Waals surface area (Å²) in [6, 6.07) is 10.7. The molecule has 7 heteroatoms. The fraction of sp³-hybridized carbons (Fsp3) is 0.368. The quantitative estimate of drug-likeness (QED) is 0.604. The predicted octanol–water partition coefficient (Wildman–Crippen LogP) is 5.91. The number of hydrogen-bond acceptors (Lipinski definition) is 2. The van der Waals surface area contributed by atoms with Gasteiger partial charge in [0.2, 0.25) is 10.0 Å². The molecular weight excluding hydrogens is 413 g/mol. The van der Waals surface area contributed by atoms with Crippen LogP contribution in [0.3, 0.4) is 0 Å². The molecule has 1 aliphatic rings. The predicted molar refractivity (Wildman–Crippen MR) is 108 cm³/mol. The molecule has 3 rings (SSSR count). The van der Waals surface area contributed by atoms with Crippen molar-refractivity contribution >= 4 is 44.8 Å². The summed E-state index contributed by atoms with van der Waals surface area (Å²) in [6.45, 7) is 2.70. The van der Waals surface area contributed by atoms with Crippen LogP contribution in [0.15, 0.2) is 41.3 Å². The molecule has 1 aliphatic heterocycles. The number of aryl methyl sites for hydroxylation is 1. The molecule has 0 saturated carbocycles. The Kier molecular flexibility index (Phi) is 6.20. The zero-order valence-electron chi connectivity index (χ0n) is 14.4. The van der Waals surface area contributed by atoms with Crippen molar-refractivity contribution in [1.82, 2.24) is 4.31 Å². The first kappa shape index (κ1) is 20.0. The number of hydrogen-bond donors (Lipinski definition) is 0. The summed E-state index contributed by atoms with van der Waals surface area (Å²) in [7, 11) is -3.69. The van der Waals surface area contributed by atoms with Gasteiger partial charge >= 0.3 is 0 Å². The fourth-order valence-electron chi connectivity index (χ4n) is 3.30. The average Bonchev–Trinajstić information content (AvgIpc) is 2.85. The molecule has 0 amide bonds. The van der Waals surface area contributed by atoms with Crippen LogP contribution in [0.1, 0.15) is 36.3 Å². The number of sulfonamides is 1. The second-order valence-electron chi connectivity index (χ2n) is 6.64. The highest BCUT2D eigenvalue weighted by atomic mass is 35.5. The van der Waals surface area contributed by atoms with Crippen molar-refractivity contribution in [3.63, 3.8) is 0 Å². The summed E-state index contributed by atoms with van der Waals surface area (Å²) in [4.78, 5) is 0.123. The SMILES string of the molecule is Cc1cc(S(=O)(=O)N2CCCCC(c3ccc(Cl)cc3)C2)c(Cl)cc1Cl. The Hall–Kier alpha value is -0.780. The third-order valence-corrected chi connectivity index (χ3v) is 7.80. The molecule has 140 valence electrons. The Morgan fingerprint density at radius 2 is 1.69 bits per heavy atom. The van der Waals surface area contributed by atoms with E-state index in [2.05, 4.69) is 0 Å². The first-order valence-electron chi connectivity index (χ1n) is 8.50. The first-order valence-corrected chi connectivity index (χ1v) is 11.1. The van der Waals surface area contributed by atoms with Gasteiger partial charge in [-0.15, -0.1) is 0 Å². The van der Waals surface area contributed by atoms with Gasteiger partial charge in [0, 0.05) is 23.1 Å². The third-order valence-electron chi connectivity index (χ3n) is 4.81. The molecule has 0 bridgehead atoms. The molecule has 0 spiro atoms. The van der Waals surface area contributed by atoms with Crippen molar-refractivity contribution in [3.8, 4) is 0 Å². The minimum Gasteiger partial charge on any atom is -0.207 e. The van der Waals surface area contributed by atoms with Crippen LogP contribution in [0.25, 0.3) is 0 Å². The van der Waals surface area contributed by atoms with E-state index in [0.29, 0.717) is 28.7 Å². The minimum absolute atomic E-state index is 0.123. The molecule has 1 atom stereocenters. The summed E-state index contributed by atoms with van der Waals surface area (Å²) < 4.78 is 28.0. The highest BCUT2D eigenvalue weighted by Crippen LogP contribution is 2.34. The molecule has 2 aromatic rings. The zero-order valence-corrected chi connectivity index (χ0v) is 17.5. The van der Waals surface area contributed by atoms with E-state index >= 15 is 0 Å². The molecular formula is C19H20Cl3NO2S. The normalized spacial score (nSPS) is 19.3. The number of rotatable bonds is 3. The molecule has 2 aromatic carbocycles. The van der Waals surface area contributed by atoms with Gasteiger partial charge in [0.05, 0.1) is 5.02 Å². The number of nitrogens with zero attached hydrogens (tertiary/aromatic N) is 1. The van der Waals surface area contributed by atoms with Gasteiger partial charge in [0.1, 0.15) is 4.90 Å². The summed E-state index contributed by atoms with van der Waals surface area (Å²) in [5.74, 6) is 0.136. The summed E-state index contributed by atoms with van der Waals surface area (Å²) in [5.41, 5.74) is 1.80. The van der Waals surface area contributed by atoms with Gasteiger partial charge in [-0.05, 0) is 61.1 Å². The average molecular weight is 433 g/mol. The van der Waals surface area contributed by atoms with Crippen LogP contribution in [0.4, 0.5) is 0 Å². The van der Waals surface area contributed by atoms with Crippen LogP contribution in [0.2, 0.25) is 15.1 Å². The van der Waals surface area contributed by atoms with Crippen molar-refractivity contribution in [2.45, 2.75) is 37.0 Å². The largest absolute Gasteiger partial charge is 0.244 e. The number of halogens is 3. The molecule has 1 saturated heterocycles. The molecule has 1 unspecified atom stereocenters. The molecule has 1 heterocycles. The van der Waals surface area contributed by atoms with E-state index in [1.54, 1.807) is 17.3 Å². The van der Waals surface area contributed by atoms with E-state index in [0.717, 1.165) is 24.8 Å². The smallest absolute Gasteiger partial charge is 0.207 e. The Labute approximate surface area is 169 Å². The Bertz CT molecular complexity index is 898. The van der Waals surface area contributed by atoms with Crippen LogP contribution >= 0.6 is 34.8 Å². The Morgan fingerprint density at radius 3 is 2.38 bits per heavy atom. The van der Waals surface area contributed by atoms with Gasteiger partial charge in [-0.2, -0.15) is 4.31 Å². The van der Waals surface area contributed by atoms with Crippen molar-refractivity contribution < 1.29 is 8.42 Å². The van der Waals surface area contributed by atoms with Crippen molar-refractivity contribution in [3.05, 3.63) is 62.6 Å². The molecule has 0 aliphatic carbocycles.